The molecule has 0 aliphatic carbocycles. The lowest BCUT2D eigenvalue weighted by Crippen LogP contribution is -2.03. The smallest absolute Gasteiger partial charge is 0.143 e. The molecule has 0 aliphatic heterocycles. The predicted octanol–water partition coefficient (Wildman–Crippen LogP) is 2.40. The number of hydrogen-bond donors (Lipinski definition) is 1. The quantitative estimate of drug-likeness (QED) is 0.892. The summed E-state index contributed by atoms with van der Waals surface area (Å²) in [6.07, 6.45) is 3.80. The molecule has 5 nitrogen and oxygen atoms in total. The van der Waals surface area contributed by atoms with Gasteiger partial charge < -0.3 is 10.1 Å². The van der Waals surface area contributed by atoms with Gasteiger partial charge in [0.2, 0.25) is 0 Å². The maximum Gasteiger partial charge on any atom is 0.143 e. The number of ether oxygens (including phenoxy) is 1. The van der Waals surface area contributed by atoms with Gasteiger partial charge >= 0.3 is 0 Å². The highest BCUT2D eigenvalue weighted by Gasteiger charge is 2.08. The van der Waals surface area contributed by atoms with Crippen LogP contribution in [-0.4, -0.2) is 16.9 Å². The third-order valence-electron chi connectivity index (χ3n) is 2.85. The van der Waals surface area contributed by atoms with Gasteiger partial charge in [0.05, 0.1) is 24.6 Å². The number of aryl methyl sites for hydroxylation is 1. The van der Waals surface area contributed by atoms with Crippen molar-refractivity contribution in [1.82, 2.24) is 9.78 Å². The Bertz CT molecular complexity index is 598. The van der Waals surface area contributed by atoms with E-state index in [0.717, 1.165) is 17.8 Å². The minimum absolute atomic E-state index is 0.572. The van der Waals surface area contributed by atoms with Gasteiger partial charge in [-0.3, -0.25) is 4.68 Å². The summed E-state index contributed by atoms with van der Waals surface area (Å²) in [5.74, 6) is 0.668. The fourth-order valence-electron chi connectivity index (χ4n) is 1.84. The molecule has 0 spiro atoms. The second-order valence-electron chi connectivity index (χ2n) is 4.05. The van der Waals surface area contributed by atoms with Crippen molar-refractivity contribution in [2.24, 2.45) is 0 Å². The number of rotatable bonds is 5. The number of hydrogen-bond acceptors (Lipinski definition) is 4. The highest BCUT2D eigenvalue weighted by atomic mass is 16.5. The minimum atomic E-state index is 0.572. The zero-order valence-electron chi connectivity index (χ0n) is 11.1. The maximum atomic E-state index is 9.12. The van der Waals surface area contributed by atoms with Crippen LogP contribution < -0.4 is 10.1 Å². The van der Waals surface area contributed by atoms with E-state index < -0.39 is 0 Å². The van der Waals surface area contributed by atoms with Crippen molar-refractivity contribution in [3.05, 3.63) is 41.7 Å². The lowest BCUT2D eigenvalue weighted by atomic mass is 10.1. The Morgan fingerprint density at radius 1 is 1.47 bits per heavy atom. The Kier molecular flexibility index (Phi) is 4.04. The first-order chi connectivity index (χ1) is 9.28. The molecule has 0 fully saturated rings. The van der Waals surface area contributed by atoms with Gasteiger partial charge in [0, 0.05) is 24.8 Å². The van der Waals surface area contributed by atoms with E-state index in [0.29, 0.717) is 17.9 Å². The van der Waals surface area contributed by atoms with E-state index in [1.807, 2.05) is 30.1 Å². The number of methoxy groups -OCH3 is 1. The second-order valence-corrected chi connectivity index (χ2v) is 4.05. The van der Waals surface area contributed by atoms with Crippen molar-refractivity contribution in [3.63, 3.8) is 0 Å². The summed E-state index contributed by atoms with van der Waals surface area (Å²) in [5, 5.41) is 16.6. The molecule has 0 amide bonds. The van der Waals surface area contributed by atoms with Crippen LogP contribution in [0.3, 0.4) is 0 Å². The molecule has 1 N–H and O–H groups in total. The zero-order chi connectivity index (χ0) is 13.7. The Labute approximate surface area is 112 Å². The van der Waals surface area contributed by atoms with E-state index >= 15 is 0 Å². The fraction of sp³-hybridized carbons (Fsp3) is 0.286. The monoisotopic (exact) mass is 256 g/mol. The number of nitrogens with one attached hydrogen (secondary N) is 1. The molecule has 1 aromatic carbocycles. The molecule has 0 bridgehead atoms. The molecule has 2 rings (SSSR count). The molecule has 0 aliphatic rings. The second kappa shape index (κ2) is 5.91. The normalized spacial score (nSPS) is 9.95. The van der Waals surface area contributed by atoms with E-state index in [-0.39, 0.29) is 0 Å². The lowest BCUT2D eigenvalue weighted by Gasteiger charge is -2.11. The van der Waals surface area contributed by atoms with Crippen LogP contribution in [0.15, 0.2) is 30.6 Å². The number of benzene rings is 1. The molecule has 1 aromatic heterocycles. The first-order valence-electron chi connectivity index (χ1n) is 6.10. The molecule has 98 valence electrons. The molecule has 1 heterocycles. The average Bonchev–Trinajstić information content (AvgIpc) is 2.92. The van der Waals surface area contributed by atoms with E-state index in [1.165, 1.54) is 0 Å². The maximum absolute atomic E-state index is 9.12. The molecule has 19 heavy (non-hydrogen) atoms. The third kappa shape index (κ3) is 2.86. The van der Waals surface area contributed by atoms with Crippen molar-refractivity contribution in [3.8, 4) is 11.8 Å². The fourth-order valence-corrected chi connectivity index (χ4v) is 1.84. The van der Waals surface area contributed by atoms with Crippen molar-refractivity contribution in [1.29, 1.82) is 5.26 Å². The largest absolute Gasteiger partial charge is 0.495 e. The highest BCUT2D eigenvalue weighted by molar-refractivity contribution is 5.66. The summed E-state index contributed by atoms with van der Waals surface area (Å²) in [7, 11) is 1.59. The Morgan fingerprint density at radius 2 is 2.32 bits per heavy atom. The van der Waals surface area contributed by atoms with Gasteiger partial charge in [-0.2, -0.15) is 10.4 Å². The first kappa shape index (κ1) is 13.0. The van der Waals surface area contributed by atoms with E-state index in [4.69, 9.17) is 10.00 Å². The summed E-state index contributed by atoms with van der Waals surface area (Å²) in [6, 6.07) is 7.56. The number of aromatic nitrogens is 2. The van der Waals surface area contributed by atoms with Crippen LogP contribution in [-0.2, 0) is 13.1 Å². The summed E-state index contributed by atoms with van der Waals surface area (Å²) in [4.78, 5) is 0. The van der Waals surface area contributed by atoms with Crippen LogP contribution in [0.4, 0.5) is 5.69 Å². The van der Waals surface area contributed by atoms with Crippen LogP contribution in [0, 0.1) is 11.3 Å². The van der Waals surface area contributed by atoms with Crippen LogP contribution in [0.25, 0.3) is 0 Å². The Morgan fingerprint density at radius 3 is 2.95 bits per heavy atom. The number of anilines is 1. The molecule has 2 aromatic rings. The van der Waals surface area contributed by atoms with Crippen molar-refractivity contribution in [2.75, 3.05) is 12.4 Å². The van der Waals surface area contributed by atoms with E-state index in [2.05, 4.69) is 16.5 Å². The molecule has 0 saturated carbocycles. The standard InChI is InChI=1S/C14H16N4O/c1-3-18-10-11(9-17-18)8-16-14-12(7-15)5-4-6-13(14)19-2/h4-6,9-10,16H,3,8H2,1-2H3. The van der Waals surface area contributed by atoms with Crippen LogP contribution >= 0.6 is 0 Å². The zero-order valence-corrected chi connectivity index (χ0v) is 11.1. The van der Waals surface area contributed by atoms with Gasteiger partial charge in [-0.1, -0.05) is 6.07 Å². The van der Waals surface area contributed by atoms with Crippen molar-refractivity contribution in [2.45, 2.75) is 20.0 Å². The predicted molar refractivity (Wildman–Crippen MR) is 72.9 cm³/mol. The van der Waals surface area contributed by atoms with Gasteiger partial charge in [0.15, 0.2) is 0 Å². The first-order valence-corrected chi connectivity index (χ1v) is 6.10. The molecular weight excluding hydrogens is 240 g/mol. The van der Waals surface area contributed by atoms with Crippen molar-refractivity contribution < 1.29 is 4.74 Å². The average molecular weight is 256 g/mol. The number of para-hydroxylation sites is 1. The van der Waals surface area contributed by atoms with Gasteiger partial charge in [0.25, 0.3) is 0 Å². The van der Waals surface area contributed by atoms with Gasteiger partial charge in [-0.15, -0.1) is 0 Å². The van der Waals surface area contributed by atoms with E-state index in [1.54, 1.807) is 19.2 Å². The molecule has 0 radical (unpaired) electrons. The summed E-state index contributed by atoms with van der Waals surface area (Å²) >= 11 is 0. The lowest BCUT2D eigenvalue weighted by molar-refractivity contribution is 0.416. The minimum Gasteiger partial charge on any atom is -0.495 e. The van der Waals surface area contributed by atoms with Gasteiger partial charge in [-0.25, -0.2) is 0 Å². The molecule has 5 heteroatoms. The van der Waals surface area contributed by atoms with Crippen LogP contribution in [0.1, 0.15) is 18.1 Å². The highest BCUT2D eigenvalue weighted by Crippen LogP contribution is 2.28. The number of nitriles is 1. The summed E-state index contributed by atoms with van der Waals surface area (Å²) in [5.41, 5.74) is 2.36. The number of nitrogens with zero attached hydrogens (tertiary/aromatic N) is 3. The van der Waals surface area contributed by atoms with Crippen LogP contribution in [0.2, 0.25) is 0 Å². The molecular formula is C14H16N4O. The van der Waals surface area contributed by atoms with Crippen molar-refractivity contribution >= 4 is 5.69 Å². The summed E-state index contributed by atoms with van der Waals surface area (Å²) < 4.78 is 7.13. The SMILES string of the molecule is CCn1cc(CNc2c(C#N)cccc2OC)cn1. The third-order valence-corrected chi connectivity index (χ3v) is 2.85. The molecule has 0 atom stereocenters. The topological polar surface area (TPSA) is 62.9 Å². The van der Waals surface area contributed by atoms with Gasteiger partial charge in [-0.05, 0) is 19.1 Å². The molecule has 0 unspecified atom stereocenters. The molecule has 0 saturated heterocycles. The Balaban J connectivity index is 2.16. The summed E-state index contributed by atoms with van der Waals surface area (Å²) in [6.45, 7) is 3.49. The Hall–Kier alpha value is -2.48. The van der Waals surface area contributed by atoms with Gasteiger partial charge in [0.1, 0.15) is 11.8 Å². The van der Waals surface area contributed by atoms with E-state index in [9.17, 15) is 0 Å². The van der Waals surface area contributed by atoms with Crippen LogP contribution in [0.5, 0.6) is 5.75 Å².